The Morgan fingerprint density at radius 3 is 2.95 bits per heavy atom. The molecule has 2 fully saturated rings. The Hall–Kier alpha value is -1.04. The fourth-order valence-electron chi connectivity index (χ4n) is 3.80. The Morgan fingerprint density at radius 2 is 2.27 bits per heavy atom. The van der Waals surface area contributed by atoms with Crippen molar-refractivity contribution in [1.82, 2.24) is 9.47 Å². The first-order chi connectivity index (χ1) is 10.6. The van der Waals surface area contributed by atoms with E-state index < -0.39 is 0 Å². The average molecular weight is 327 g/mol. The van der Waals surface area contributed by atoms with Crippen LogP contribution in [-0.4, -0.2) is 54.4 Å². The topological polar surface area (TPSA) is 43.7 Å². The molecule has 0 radical (unpaired) electrons. The van der Waals surface area contributed by atoms with Crippen LogP contribution in [0.2, 0.25) is 5.02 Å². The Bertz CT molecular complexity index is 545. The fourth-order valence-corrected chi connectivity index (χ4v) is 4.05. The van der Waals surface area contributed by atoms with Gasteiger partial charge in [0.05, 0.1) is 30.4 Å². The minimum Gasteiger partial charge on any atom is -0.381 e. The number of morpholine rings is 1. The van der Waals surface area contributed by atoms with Gasteiger partial charge in [-0.2, -0.15) is 0 Å². The summed E-state index contributed by atoms with van der Waals surface area (Å²) < 4.78 is 13.1. The first-order valence-electron chi connectivity index (χ1n) is 7.85. The zero-order valence-corrected chi connectivity index (χ0v) is 13.9. The first-order valence-corrected chi connectivity index (χ1v) is 8.23. The van der Waals surface area contributed by atoms with Crippen molar-refractivity contribution in [2.24, 2.45) is 13.0 Å². The molecule has 0 unspecified atom stereocenters. The third-order valence-corrected chi connectivity index (χ3v) is 5.12. The van der Waals surface area contributed by atoms with E-state index in [1.807, 2.05) is 11.9 Å². The van der Waals surface area contributed by atoms with Crippen LogP contribution >= 0.6 is 11.6 Å². The van der Waals surface area contributed by atoms with Gasteiger partial charge in [-0.25, -0.2) is 0 Å². The van der Waals surface area contributed by atoms with Crippen LogP contribution < -0.4 is 0 Å². The number of halogens is 1. The van der Waals surface area contributed by atoms with Crippen molar-refractivity contribution in [3.8, 4) is 0 Å². The molecule has 1 aliphatic heterocycles. The summed E-state index contributed by atoms with van der Waals surface area (Å²) in [5, 5.41) is 0.589. The van der Waals surface area contributed by atoms with Gasteiger partial charge in [-0.3, -0.25) is 4.79 Å². The Kier molecular flexibility index (Phi) is 4.76. The minimum atomic E-state index is 0.0319. The smallest absolute Gasteiger partial charge is 0.270 e. The van der Waals surface area contributed by atoms with Crippen LogP contribution in [0.4, 0.5) is 0 Å². The quantitative estimate of drug-likeness (QED) is 0.856. The van der Waals surface area contributed by atoms with Crippen molar-refractivity contribution < 1.29 is 14.3 Å². The molecule has 6 heteroatoms. The lowest BCUT2D eigenvalue weighted by atomic mass is 9.94. The molecule has 122 valence electrons. The normalized spacial score (nSPS) is 29.0. The van der Waals surface area contributed by atoms with E-state index in [2.05, 4.69) is 0 Å². The summed E-state index contributed by atoms with van der Waals surface area (Å²) in [6.07, 6.45) is 5.29. The summed E-state index contributed by atoms with van der Waals surface area (Å²) in [6.45, 7) is 1.80. The summed E-state index contributed by atoms with van der Waals surface area (Å²) in [6, 6.07) is 1.82. The third-order valence-electron chi connectivity index (χ3n) is 4.92. The largest absolute Gasteiger partial charge is 0.381 e. The van der Waals surface area contributed by atoms with Gasteiger partial charge in [-0.1, -0.05) is 18.0 Å². The van der Waals surface area contributed by atoms with Gasteiger partial charge >= 0.3 is 0 Å². The average Bonchev–Trinajstić information content (AvgIpc) is 3.12. The van der Waals surface area contributed by atoms with Gasteiger partial charge in [0.2, 0.25) is 0 Å². The molecule has 0 N–H and O–H groups in total. The van der Waals surface area contributed by atoms with Crippen molar-refractivity contribution in [2.45, 2.75) is 31.4 Å². The number of hydrogen-bond donors (Lipinski definition) is 0. The summed E-state index contributed by atoms with van der Waals surface area (Å²) in [4.78, 5) is 14.9. The standard InChI is InChI=1S/C16H23ClN2O3/c1-18-9-11(17)8-13(18)16(20)19-6-7-22-10-14(19)12-4-3-5-15(12)21-2/h8-9,12,14-15H,3-7,10H2,1-2H3/t12-,14+,15+/m0/s1. The van der Waals surface area contributed by atoms with E-state index >= 15 is 0 Å². The number of amides is 1. The van der Waals surface area contributed by atoms with E-state index in [1.54, 1.807) is 23.9 Å². The van der Waals surface area contributed by atoms with Gasteiger partial charge in [0.15, 0.2) is 0 Å². The number of ether oxygens (including phenoxy) is 2. The van der Waals surface area contributed by atoms with E-state index in [0.717, 1.165) is 19.3 Å². The second kappa shape index (κ2) is 6.60. The van der Waals surface area contributed by atoms with E-state index in [4.69, 9.17) is 21.1 Å². The highest BCUT2D eigenvalue weighted by Gasteiger charge is 2.40. The van der Waals surface area contributed by atoms with E-state index in [0.29, 0.717) is 36.4 Å². The highest BCUT2D eigenvalue weighted by molar-refractivity contribution is 6.31. The molecule has 1 saturated heterocycles. The summed E-state index contributed by atoms with van der Waals surface area (Å²) in [5.41, 5.74) is 0.629. The van der Waals surface area contributed by atoms with Crippen LogP contribution in [0.15, 0.2) is 12.3 Å². The molecular weight excluding hydrogens is 304 g/mol. The number of aromatic nitrogens is 1. The van der Waals surface area contributed by atoms with Crippen LogP contribution in [0, 0.1) is 5.92 Å². The summed E-state index contributed by atoms with van der Waals surface area (Å²) in [5.74, 6) is 0.384. The Balaban J connectivity index is 1.83. The molecular formula is C16H23ClN2O3. The number of carbonyl (C=O) groups is 1. The number of carbonyl (C=O) groups excluding carboxylic acids is 1. The van der Waals surface area contributed by atoms with Gasteiger partial charge in [0, 0.05) is 32.8 Å². The molecule has 1 aliphatic carbocycles. The Morgan fingerprint density at radius 1 is 1.45 bits per heavy atom. The van der Waals surface area contributed by atoms with Crippen LogP contribution in [0.3, 0.4) is 0 Å². The number of methoxy groups -OCH3 is 1. The molecule has 22 heavy (non-hydrogen) atoms. The zero-order valence-electron chi connectivity index (χ0n) is 13.1. The van der Waals surface area contributed by atoms with E-state index in [-0.39, 0.29) is 18.1 Å². The van der Waals surface area contributed by atoms with E-state index in [9.17, 15) is 4.79 Å². The fraction of sp³-hybridized carbons (Fsp3) is 0.688. The number of aryl methyl sites for hydroxylation is 1. The molecule has 1 saturated carbocycles. The van der Waals surface area contributed by atoms with Crippen molar-refractivity contribution in [3.63, 3.8) is 0 Å². The van der Waals surface area contributed by atoms with Crippen LogP contribution in [0.5, 0.6) is 0 Å². The van der Waals surface area contributed by atoms with Crippen LogP contribution in [0.1, 0.15) is 29.8 Å². The molecule has 2 heterocycles. The van der Waals surface area contributed by atoms with Crippen molar-refractivity contribution >= 4 is 17.5 Å². The third kappa shape index (κ3) is 2.90. The van der Waals surface area contributed by atoms with Crippen molar-refractivity contribution in [1.29, 1.82) is 0 Å². The molecule has 1 amide bonds. The number of hydrogen-bond acceptors (Lipinski definition) is 3. The van der Waals surface area contributed by atoms with Gasteiger partial charge in [0.25, 0.3) is 5.91 Å². The highest BCUT2D eigenvalue weighted by Crippen LogP contribution is 2.34. The second-order valence-corrected chi connectivity index (χ2v) is 6.60. The predicted octanol–water partition coefficient (Wildman–Crippen LogP) is 2.33. The van der Waals surface area contributed by atoms with Gasteiger partial charge in [0.1, 0.15) is 5.69 Å². The van der Waals surface area contributed by atoms with Crippen molar-refractivity contribution in [2.75, 3.05) is 26.9 Å². The lowest BCUT2D eigenvalue weighted by Gasteiger charge is -2.40. The van der Waals surface area contributed by atoms with Crippen LogP contribution in [0.25, 0.3) is 0 Å². The zero-order chi connectivity index (χ0) is 15.7. The molecule has 1 aromatic heterocycles. The molecule has 3 rings (SSSR count). The number of rotatable bonds is 3. The molecule has 3 atom stereocenters. The van der Waals surface area contributed by atoms with Gasteiger partial charge in [-0.05, 0) is 18.9 Å². The highest BCUT2D eigenvalue weighted by atomic mass is 35.5. The lowest BCUT2D eigenvalue weighted by Crippen LogP contribution is -2.54. The van der Waals surface area contributed by atoms with Crippen molar-refractivity contribution in [3.05, 3.63) is 23.0 Å². The predicted molar refractivity (Wildman–Crippen MR) is 84.2 cm³/mol. The summed E-state index contributed by atoms with van der Waals surface area (Å²) in [7, 11) is 3.61. The Labute approximate surface area is 136 Å². The maximum atomic E-state index is 12.9. The molecule has 0 spiro atoms. The first kappa shape index (κ1) is 15.8. The monoisotopic (exact) mass is 326 g/mol. The maximum absolute atomic E-state index is 12.9. The lowest BCUT2D eigenvalue weighted by molar-refractivity contribution is -0.0463. The minimum absolute atomic E-state index is 0.0319. The van der Waals surface area contributed by atoms with Gasteiger partial charge < -0.3 is 18.9 Å². The maximum Gasteiger partial charge on any atom is 0.270 e. The molecule has 2 aliphatic rings. The van der Waals surface area contributed by atoms with Gasteiger partial charge in [-0.15, -0.1) is 0 Å². The molecule has 5 nitrogen and oxygen atoms in total. The SMILES string of the molecule is CO[C@@H]1CCC[C@H]1[C@H]1COCCN1C(=O)c1cc(Cl)cn1C. The molecule has 0 bridgehead atoms. The number of nitrogens with zero attached hydrogens (tertiary/aromatic N) is 2. The van der Waals surface area contributed by atoms with E-state index in [1.165, 1.54) is 0 Å². The van der Waals surface area contributed by atoms with Crippen LogP contribution in [-0.2, 0) is 16.5 Å². The second-order valence-electron chi connectivity index (χ2n) is 6.16. The summed E-state index contributed by atoms with van der Waals surface area (Å²) >= 11 is 6.02. The molecule has 1 aromatic rings. The molecule has 0 aromatic carbocycles.